The lowest BCUT2D eigenvalue weighted by atomic mass is 9.84. The maximum absolute atomic E-state index is 12.2. The number of benzene rings is 1. The van der Waals surface area contributed by atoms with Crippen molar-refractivity contribution in [2.45, 2.75) is 33.6 Å². The van der Waals surface area contributed by atoms with Crippen LogP contribution >= 0.6 is 0 Å². The number of carbonyl (C=O) groups is 1. The fourth-order valence-corrected chi connectivity index (χ4v) is 1.93. The smallest absolute Gasteiger partial charge is 0.145 e. The maximum Gasteiger partial charge on any atom is 0.145 e. The Morgan fingerprint density at radius 1 is 1.33 bits per heavy atom. The molecule has 0 fully saturated rings. The monoisotopic (exact) mass is 244 g/mol. The third kappa shape index (κ3) is 2.17. The highest BCUT2D eigenvalue weighted by Gasteiger charge is 2.26. The number of Topliss-reactive ketones (excluding diaryl/α,β-unsaturated/α-hetero) is 1. The van der Waals surface area contributed by atoms with Crippen LogP contribution in [-0.2, 0) is 18.3 Å². The number of aryl methyl sites for hydroxylation is 1. The number of carbonyl (C=O) groups excluding carboxylic acids is 1. The lowest BCUT2D eigenvalue weighted by Crippen LogP contribution is -2.26. The highest BCUT2D eigenvalue weighted by molar-refractivity contribution is 5.86. The normalized spacial score (nSPS) is 12.0. The Kier molecular flexibility index (Phi) is 3.24. The number of nitrogens with zero attached hydrogens (tertiary/aromatic N) is 2. The summed E-state index contributed by atoms with van der Waals surface area (Å²) in [6, 6.07) is 7.97. The molecule has 2 aromatic rings. The van der Waals surface area contributed by atoms with Gasteiger partial charge in [-0.3, -0.25) is 4.79 Å². The van der Waals surface area contributed by atoms with Crippen LogP contribution in [-0.4, -0.2) is 15.3 Å². The first-order valence-corrected chi connectivity index (χ1v) is 6.39. The molecule has 1 aromatic heterocycles. The molecule has 0 unspecified atom stereocenters. The molecule has 18 heavy (non-hydrogen) atoms. The molecule has 96 valence electrons. The predicted molar refractivity (Wildman–Crippen MR) is 73.5 cm³/mol. The molecule has 1 heterocycles. The average Bonchev–Trinajstić information content (AvgIpc) is 2.67. The van der Waals surface area contributed by atoms with Crippen LogP contribution in [0.25, 0.3) is 11.0 Å². The molecule has 0 saturated carbocycles. The van der Waals surface area contributed by atoms with E-state index in [-0.39, 0.29) is 11.2 Å². The molecule has 0 radical (unpaired) electrons. The number of hydrogen-bond donors (Lipinski definition) is 0. The summed E-state index contributed by atoms with van der Waals surface area (Å²) in [5, 5.41) is 0. The number of para-hydroxylation sites is 2. The van der Waals surface area contributed by atoms with Gasteiger partial charge in [-0.15, -0.1) is 0 Å². The second-order valence-corrected chi connectivity index (χ2v) is 5.41. The average molecular weight is 244 g/mol. The van der Waals surface area contributed by atoms with E-state index in [0.717, 1.165) is 23.3 Å². The van der Waals surface area contributed by atoms with Gasteiger partial charge in [0.05, 0.1) is 17.5 Å². The highest BCUT2D eigenvalue weighted by Crippen LogP contribution is 2.24. The van der Waals surface area contributed by atoms with Gasteiger partial charge >= 0.3 is 0 Å². The molecule has 3 nitrogen and oxygen atoms in total. The fourth-order valence-electron chi connectivity index (χ4n) is 1.93. The van der Waals surface area contributed by atoms with Crippen molar-refractivity contribution in [3.8, 4) is 0 Å². The zero-order chi connectivity index (χ0) is 13.3. The molecule has 0 atom stereocenters. The number of ketones is 1. The zero-order valence-electron chi connectivity index (χ0n) is 11.5. The number of hydrogen-bond acceptors (Lipinski definition) is 2. The Morgan fingerprint density at radius 2 is 2.00 bits per heavy atom. The first kappa shape index (κ1) is 12.8. The molecule has 0 aliphatic rings. The SMILES string of the molecule is CCC(C)(C)C(=O)Cc1nc2ccccc2n1C. The molecule has 0 aliphatic heterocycles. The van der Waals surface area contributed by atoms with Crippen molar-refractivity contribution in [3.05, 3.63) is 30.1 Å². The Hall–Kier alpha value is -1.64. The van der Waals surface area contributed by atoms with E-state index in [9.17, 15) is 4.79 Å². The number of rotatable bonds is 4. The summed E-state index contributed by atoms with van der Waals surface area (Å²) < 4.78 is 2.01. The molecule has 0 aliphatic carbocycles. The van der Waals surface area contributed by atoms with Crippen molar-refractivity contribution in [1.29, 1.82) is 0 Å². The molecule has 2 rings (SSSR count). The molecule has 0 amide bonds. The first-order valence-electron chi connectivity index (χ1n) is 6.39. The van der Waals surface area contributed by atoms with Crippen molar-refractivity contribution in [2.24, 2.45) is 12.5 Å². The van der Waals surface area contributed by atoms with Crippen LogP contribution in [0.15, 0.2) is 24.3 Å². The van der Waals surface area contributed by atoms with Crippen molar-refractivity contribution in [1.82, 2.24) is 9.55 Å². The topological polar surface area (TPSA) is 34.9 Å². The summed E-state index contributed by atoms with van der Waals surface area (Å²) in [6.45, 7) is 6.04. The van der Waals surface area contributed by atoms with Crippen molar-refractivity contribution in [3.63, 3.8) is 0 Å². The van der Waals surface area contributed by atoms with Gasteiger partial charge in [-0.1, -0.05) is 32.9 Å². The summed E-state index contributed by atoms with van der Waals surface area (Å²) in [4.78, 5) is 16.8. The second kappa shape index (κ2) is 4.56. The summed E-state index contributed by atoms with van der Waals surface area (Å²) in [7, 11) is 1.97. The van der Waals surface area contributed by atoms with Crippen molar-refractivity contribution in [2.75, 3.05) is 0 Å². The van der Waals surface area contributed by atoms with Crippen LogP contribution in [0.4, 0.5) is 0 Å². The minimum absolute atomic E-state index is 0.253. The molecular formula is C15H20N2O. The summed E-state index contributed by atoms with van der Waals surface area (Å²) >= 11 is 0. The van der Waals surface area contributed by atoms with Gasteiger partial charge in [-0.25, -0.2) is 4.98 Å². The van der Waals surface area contributed by atoms with E-state index in [0.29, 0.717) is 6.42 Å². The largest absolute Gasteiger partial charge is 0.331 e. The molecular weight excluding hydrogens is 224 g/mol. The van der Waals surface area contributed by atoms with E-state index in [1.54, 1.807) is 0 Å². The van der Waals surface area contributed by atoms with Gasteiger partial charge in [0.1, 0.15) is 11.6 Å². The summed E-state index contributed by atoms with van der Waals surface area (Å²) in [6.07, 6.45) is 1.27. The molecule has 0 saturated heterocycles. The Labute approximate surface area is 108 Å². The molecule has 0 bridgehead atoms. The van der Waals surface area contributed by atoms with E-state index < -0.39 is 0 Å². The zero-order valence-corrected chi connectivity index (χ0v) is 11.5. The van der Waals surface area contributed by atoms with Gasteiger partial charge in [0.2, 0.25) is 0 Å². The van der Waals surface area contributed by atoms with Crippen LogP contribution in [0.1, 0.15) is 33.0 Å². The van der Waals surface area contributed by atoms with Gasteiger partial charge in [0.15, 0.2) is 0 Å². The van der Waals surface area contributed by atoms with Crippen molar-refractivity contribution < 1.29 is 4.79 Å². The number of aromatic nitrogens is 2. The van der Waals surface area contributed by atoms with Crippen LogP contribution in [0.2, 0.25) is 0 Å². The van der Waals surface area contributed by atoms with E-state index in [1.165, 1.54) is 0 Å². The molecule has 0 N–H and O–H groups in total. The quantitative estimate of drug-likeness (QED) is 0.828. The van der Waals surface area contributed by atoms with Crippen LogP contribution in [0.5, 0.6) is 0 Å². The van der Waals surface area contributed by atoms with Crippen LogP contribution in [0, 0.1) is 5.41 Å². The summed E-state index contributed by atoms with van der Waals surface area (Å²) in [5.41, 5.74) is 1.77. The van der Waals surface area contributed by atoms with Gasteiger partial charge in [-0.05, 0) is 18.6 Å². The van der Waals surface area contributed by atoms with Crippen LogP contribution < -0.4 is 0 Å². The van der Waals surface area contributed by atoms with E-state index in [4.69, 9.17) is 0 Å². The van der Waals surface area contributed by atoms with E-state index in [1.807, 2.05) is 56.7 Å². The number of fused-ring (bicyclic) bond motifs is 1. The van der Waals surface area contributed by atoms with E-state index in [2.05, 4.69) is 4.98 Å². The van der Waals surface area contributed by atoms with Gasteiger partial charge in [0, 0.05) is 12.5 Å². The fraction of sp³-hybridized carbons (Fsp3) is 0.467. The van der Waals surface area contributed by atoms with Gasteiger partial charge in [0.25, 0.3) is 0 Å². The van der Waals surface area contributed by atoms with E-state index >= 15 is 0 Å². The Morgan fingerprint density at radius 3 is 2.61 bits per heavy atom. The second-order valence-electron chi connectivity index (χ2n) is 5.41. The van der Waals surface area contributed by atoms with Crippen LogP contribution in [0.3, 0.4) is 0 Å². The molecule has 1 aromatic carbocycles. The molecule has 3 heteroatoms. The minimum Gasteiger partial charge on any atom is -0.331 e. The Balaban J connectivity index is 2.33. The molecule has 0 spiro atoms. The highest BCUT2D eigenvalue weighted by atomic mass is 16.1. The lowest BCUT2D eigenvalue weighted by Gasteiger charge is -2.20. The summed E-state index contributed by atoms with van der Waals surface area (Å²) in [5.74, 6) is 1.10. The number of imidazole rings is 1. The van der Waals surface area contributed by atoms with Gasteiger partial charge < -0.3 is 4.57 Å². The minimum atomic E-state index is -0.266. The third-order valence-corrected chi connectivity index (χ3v) is 3.84. The Bertz CT molecular complexity index is 581. The first-order chi connectivity index (χ1) is 8.45. The lowest BCUT2D eigenvalue weighted by molar-refractivity contribution is -0.126. The predicted octanol–water partition coefficient (Wildman–Crippen LogP) is 3.12. The standard InChI is InChI=1S/C15H20N2O/c1-5-15(2,3)13(18)10-14-16-11-8-6-7-9-12(11)17(14)4/h6-9H,5,10H2,1-4H3. The third-order valence-electron chi connectivity index (χ3n) is 3.84. The maximum atomic E-state index is 12.2. The van der Waals surface area contributed by atoms with Crippen molar-refractivity contribution >= 4 is 16.8 Å². The van der Waals surface area contributed by atoms with Gasteiger partial charge in [-0.2, -0.15) is 0 Å².